The van der Waals surface area contributed by atoms with Crippen LogP contribution < -0.4 is 5.32 Å². The Morgan fingerprint density at radius 2 is 2.11 bits per heavy atom. The maximum Gasteiger partial charge on any atom is 0.417 e. The molecule has 0 aromatic heterocycles. The highest BCUT2D eigenvalue weighted by molar-refractivity contribution is 5.88. The van der Waals surface area contributed by atoms with Crippen LogP contribution in [-0.2, 0) is 6.18 Å². The number of aromatic carboxylic acids is 1. The number of carbonyl (C=O) groups is 1. The summed E-state index contributed by atoms with van der Waals surface area (Å²) in [6.07, 6.45) is -1.74. The highest BCUT2D eigenvalue weighted by atomic mass is 19.4. The Bertz CT molecular complexity index is 467. The Morgan fingerprint density at radius 3 is 2.61 bits per heavy atom. The third-order valence-electron chi connectivity index (χ3n) is 2.23. The van der Waals surface area contributed by atoms with Gasteiger partial charge in [0.2, 0.25) is 0 Å². The normalized spacial score (nSPS) is 12.0. The quantitative estimate of drug-likeness (QED) is 0.873. The van der Waals surface area contributed by atoms with Crippen LogP contribution in [0.15, 0.2) is 24.3 Å². The maximum atomic E-state index is 12.8. The molecule has 1 rings (SSSR count). The van der Waals surface area contributed by atoms with Gasteiger partial charge in [0.05, 0.1) is 11.1 Å². The van der Waals surface area contributed by atoms with Gasteiger partial charge >= 0.3 is 12.1 Å². The second kappa shape index (κ2) is 5.68. The van der Waals surface area contributed by atoms with E-state index in [1.807, 2.05) is 0 Å². The number of alkyl halides is 3. The van der Waals surface area contributed by atoms with E-state index in [1.165, 1.54) is 12.2 Å². The van der Waals surface area contributed by atoms with Gasteiger partial charge in [-0.2, -0.15) is 13.2 Å². The van der Waals surface area contributed by atoms with Gasteiger partial charge < -0.3 is 10.4 Å². The number of hydrogen-bond donors (Lipinski definition) is 2. The van der Waals surface area contributed by atoms with E-state index in [0.717, 1.165) is 12.1 Å². The molecule has 1 aromatic rings. The molecule has 0 radical (unpaired) electrons. The Labute approximate surface area is 102 Å². The lowest BCUT2D eigenvalue weighted by molar-refractivity contribution is -0.137. The fourth-order valence-electron chi connectivity index (χ4n) is 1.38. The molecule has 3 nitrogen and oxygen atoms in total. The highest BCUT2D eigenvalue weighted by Crippen LogP contribution is 2.33. The van der Waals surface area contributed by atoms with Crippen LogP contribution in [0.25, 0.3) is 6.08 Å². The van der Waals surface area contributed by atoms with E-state index in [9.17, 15) is 18.0 Å². The van der Waals surface area contributed by atoms with Gasteiger partial charge in [-0.05, 0) is 24.7 Å². The fraction of sp³-hybridized carbons (Fsp3) is 0.250. The van der Waals surface area contributed by atoms with Crippen LogP contribution in [0.1, 0.15) is 21.5 Å². The van der Waals surface area contributed by atoms with Gasteiger partial charge in [0.1, 0.15) is 0 Å². The molecule has 0 atom stereocenters. The number of rotatable bonds is 4. The van der Waals surface area contributed by atoms with Crippen molar-refractivity contribution in [3.05, 3.63) is 41.0 Å². The number of hydrogen-bond acceptors (Lipinski definition) is 2. The molecular weight excluding hydrogens is 247 g/mol. The Morgan fingerprint density at radius 1 is 1.44 bits per heavy atom. The first-order valence-electron chi connectivity index (χ1n) is 5.12. The number of carboxylic acid groups (broad SMARTS) is 1. The van der Waals surface area contributed by atoms with Crippen LogP contribution >= 0.6 is 0 Å². The summed E-state index contributed by atoms with van der Waals surface area (Å²) in [6.45, 7) is 0.429. The molecule has 18 heavy (non-hydrogen) atoms. The van der Waals surface area contributed by atoms with Crippen LogP contribution in [0, 0.1) is 0 Å². The molecule has 0 saturated heterocycles. The summed E-state index contributed by atoms with van der Waals surface area (Å²) in [4.78, 5) is 10.7. The van der Waals surface area contributed by atoms with Gasteiger partial charge in [-0.3, -0.25) is 0 Å². The average Bonchev–Trinajstić information content (AvgIpc) is 2.28. The van der Waals surface area contributed by atoms with Gasteiger partial charge in [-0.1, -0.05) is 18.2 Å². The Balaban J connectivity index is 3.21. The minimum atomic E-state index is -4.58. The molecule has 0 heterocycles. The van der Waals surface area contributed by atoms with Crippen molar-refractivity contribution in [1.82, 2.24) is 5.32 Å². The average molecular weight is 259 g/mol. The standard InChI is InChI=1S/C12H12F3NO2/c1-16-6-2-3-8-4-5-9(11(17)18)7-10(8)12(13,14)15/h2-5,7,16H,6H2,1H3,(H,17,18). The van der Waals surface area contributed by atoms with E-state index >= 15 is 0 Å². The maximum absolute atomic E-state index is 12.8. The van der Waals surface area contributed by atoms with E-state index in [0.29, 0.717) is 12.6 Å². The van der Waals surface area contributed by atoms with Gasteiger partial charge in [0.25, 0.3) is 0 Å². The van der Waals surface area contributed by atoms with E-state index in [4.69, 9.17) is 5.11 Å². The zero-order chi connectivity index (χ0) is 13.8. The van der Waals surface area contributed by atoms with Crippen molar-refractivity contribution < 1.29 is 23.1 Å². The second-order valence-corrected chi connectivity index (χ2v) is 3.56. The molecule has 0 aliphatic heterocycles. The van der Waals surface area contributed by atoms with E-state index in [2.05, 4.69) is 5.32 Å². The van der Waals surface area contributed by atoms with Crippen molar-refractivity contribution in [1.29, 1.82) is 0 Å². The number of halogens is 3. The predicted molar refractivity (Wildman–Crippen MR) is 61.4 cm³/mol. The van der Waals surface area contributed by atoms with Crippen LogP contribution in [0.3, 0.4) is 0 Å². The lowest BCUT2D eigenvalue weighted by atomic mass is 10.0. The van der Waals surface area contributed by atoms with Crippen molar-refractivity contribution in [2.24, 2.45) is 0 Å². The van der Waals surface area contributed by atoms with E-state index in [-0.39, 0.29) is 11.1 Å². The smallest absolute Gasteiger partial charge is 0.417 e. The third-order valence-corrected chi connectivity index (χ3v) is 2.23. The Hall–Kier alpha value is -1.82. The number of carboxylic acids is 1. The predicted octanol–water partition coefficient (Wildman–Crippen LogP) is 2.64. The van der Waals surface area contributed by atoms with Gasteiger partial charge in [-0.25, -0.2) is 4.79 Å². The summed E-state index contributed by atoms with van der Waals surface area (Å²) in [6, 6.07) is 2.94. The first-order chi connectivity index (χ1) is 8.36. The van der Waals surface area contributed by atoms with Crippen molar-refractivity contribution in [2.75, 3.05) is 13.6 Å². The minimum absolute atomic E-state index is 0.0530. The van der Waals surface area contributed by atoms with E-state index < -0.39 is 17.7 Å². The molecule has 0 unspecified atom stereocenters. The lowest BCUT2D eigenvalue weighted by Gasteiger charge is -2.11. The first-order valence-corrected chi connectivity index (χ1v) is 5.12. The van der Waals surface area contributed by atoms with Crippen molar-refractivity contribution >= 4 is 12.0 Å². The summed E-state index contributed by atoms with van der Waals surface area (Å²) in [5.74, 6) is -1.38. The number of likely N-dealkylation sites (N-methyl/N-ethyl adjacent to an activating group) is 1. The molecule has 0 bridgehead atoms. The molecule has 0 aliphatic rings. The zero-order valence-corrected chi connectivity index (χ0v) is 9.58. The highest BCUT2D eigenvalue weighted by Gasteiger charge is 2.33. The minimum Gasteiger partial charge on any atom is -0.478 e. The molecule has 1 aromatic carbocycles. The largest absolute Gasteiger partial charge is 0.478 e. The third kappa shape index (κ3) is 3.59. The molecular formula is C12H12F3NO2. The molecule has 0 amide bonds. The molecule has 0 aliphatic carbocycles. The lowest BCUT2D eigenvalue weighted by Crippen LogP contribution is -2.10. The molecule has 2 N–H and O–H groups in total. The van der Waals surface area contributed by atoms with Crippen LogP contribution in [0.5, 0.6) is 0 Å². The second-order valence-electron chi connectivity index (χ2n) is 3.56. The fourth-order valence-corrected chi connectivity index (χ4v) is 1.38. The molecule has 0 saturated carbocycles. The summed E-state index contributed by atoms with van der Waals surface area (Å²) >= 11 is 0. The van der Waals surface area contributed by atoms with Crippen LogP contribution in [0.2, 0.25) is 0 Å². The number of nitrogens with one attached hydrogen (secondary N) is 1. The van der Waals surface area contributed by atoms with E-state index in [1.54, 1.807) is 7.05 Å². The van der Waals surface area contributed by atoms with Crippen LogP contribution in [-0.4, -0.2) is 24.7 Å². The molecule has 98 valence electrons. The van der Waals surface area contributed by atoms with Gasteiger partial charge in [-0.15, -0.1) is 0 Å². The SMILES string of the molecule is CNCC=Cc1ccc(C(=O)O)cc1C(F)(F)F. The summed E-state index contributed by atoms with van der Waals surface area (Å²) in [5.41, 5.74) is -1.38. The molecule has 0 fully saturated rings. The molecule has 6 heteroatoms. The number of benzene rings is 1. The Kier molecular flexibility index (Phi) is 4.49. The van der Waals surface area contributed by atoms with Crippen molar-refractivity contribution in [3.8, 4) is 0 Å². The van der Waals surface area contributed by atoms with Crippen LogP contribution in [0.4, 0.5) is 13.2 Å². The van der Waals surface area contributed by atoms with Crippen molar-refractivity contribution in [3.63, 3.8) is 0 Å². The van der Waals surface area contributed by atoms with Gasteiger partial charge in [0, 0.05) is 6.54 Å². The zero-order valence-electron chi connectivity index (χ0n) is 9.58. The first kappa shape index (κ1) is 14.2. The monoisotopic (exact) mass is 259 g/mol. The topological polar surface area (TPSA) is 49.3 Å². The van der Waals surface area contributed by atoms with Crippen molar-refractivity contribution in [2.45, 2.75) is 6.18 Å². The summed E-state index contributed by atoms with van der Waals surface area (Å²) < 4.78 is 38.3. The van der Waals surface area contributed by atoms with Gasteiger partial charge in [0.15, 0.2) is 0 Å². The molecule has 0 spiro atoms. The summed E-state index contributed by atoms with van der Waals surface area (Å²) in [7, 11) is 1.67. The summed E-state index contributed by atoms with van der Waals surface area (Å²) in [5, 5.41) is 11.4.